The molecule has 7 heteroatoms. The van der Waals surface area contributed by atoms with Crippen LogP contribution in [0.4, 0.5) is 0 Å². The van der Waals surface area contributed by atoms with E-state index in [-0.39, 0.29) is 17.9 Å². The fourth-order valence-corrected chi connectivity index (χ4v) is 5.35. The van der Waals surface area contributed by atoms with Crippen molar-refractivity contribution in [1.29, 1.82) is 0 Å². The number of aliphatic hydroxyl groups excluding tert-OH is 1. The van der Waals surface area contributed by atoms with E-state index in [0.29, 0.717) is 37.3 Å². The van der Waals surface area contributed by atoms with Gasteiger partial charge in [-0.05, 0) is 37.5 Å². The van der Waals surface area contributed by atoms with Crippen molar-refractivity contribution in [3.05, 3.63) is 17.5 Å². The number of aliphatic hydroxyl groups is 1. The Hall–Kier alpha value is -1.89. The Balaban J connectivity index is 1.44. The number of hydrogen-bond acceptors (Lipinski definition) is 4. The number of carbonyl (C=O) groups is 2. The highest BCUT2D eigenvalue weighted by molar-refractivity contribution is 5.95. The molecule has 7 nitrogen and oxygen atoms in total. The lowest BCUT2D eigenvalue weighted by molar-refractivity contribution is -0.121. The summed E-state index contributed by atoms with van der Waals surface area (Å²) in [5.74, 6) is 0.998. The number of likely N-dealkylation sites (tertiary alicyclic amines) is 1. The Morgan fingerprint density at radius 2 is 1.89 bits per heavy atom. The first-order valence-electron chi connectivity index (χ1n) is 10.3. The van der Waals surface area contributed by atoms with E-state index in [1.54, 1.807) is 6.20 Å². The van der Waals surface area contributed by atoms with Crippen molar-refractivity contribution in [3.8, 4) is 0 Å². The van der Waals surface area contributed by atoms with E-state index in [0.717, 1.165) is 30.5 Å². The van der Waals surface area contributed by atoms with E-state index < -0.39 is 6.10 Å². The van der Waals surface area contributed by atoms with Gasteiger partial charge in [0, 0.05) is 25.9 Å². The number of carbonyl (C=O) groups excluding carboxylic acids is 2. The first-order valence-corrected chi connectivity index (χ1v) is 10.3. The maximum atomic E-state index is 13.2. The normalized spacial score (nSPS) is 31.6. The second kappa shape index (κ2) is 7.62. The van der Waals surface area contributed by atoms with Gasteiger partial charge in [0.05, 0.1) is 29.6 Å². The second-order valence-corrected chi connectivity index (χ2v) is 8.61. The number of rotatable bonds is 3. The van der Waals surface area contributed by atoms with Crippen LogP contribution in [0.15, 0.2) is 6.20 Å². The third kappa shape index (κ3) is 3.74. The van der Waals surface area contributed by atoms with Gasteiger partial charge in [-0.1, -0.05) is 19.3 Å². The second-order valence-electron chi connectivity index (χ2n) is 8.61. The summed E-state index contributed by atoms with van der Waals surface area (Å²) in [6, 6.07) is -0.203. The molecule has 0 spiro atoms. The van der Waals surface area contributed by atoms with Crippen LogP contribution in [0.25, 0.3) is 0 Å². The lowest BCUT2D eigenvalue weighted by Crippen LogP contribution is -2.48. The molecule has 0 radical (unpaired) electrons. The number of nitrogens with one attached hydrogen (secondary N) is 2. The molecule has 1 aromatic rings. The molecule has 148 valence electrons. The zero-order valence-corrected chi connectivity index (χ0v) is 16.0. The molecule has 3 fully saturated rings. The Morgan fingerprint density at radius 3 is 2.59 bits per heavy atom. The number of fused-ring (bicyclic) bond motifs is 1. The van der Waals surface area contributed by atoms with Gasteiger partial charge in [0.1, 0.15) is 0 Å². The van der Waals surface area contributed by atoms with Gasteiger partial charge >= 0.3 is 0 Å². The van der Waals surface area contributed by atoms with Crippen LogP contribution in [0.1, 0.15) is 73.8 Å². The summed E-state index contributed by atoms with van der Waals surface area (Å²) in [6.07, 6.45) is 8.48. The van der Waals surface area contributed by atoms with Crippen molar-refractivity contribution >= 4 is 11.8 Å². The predicted molar refractivity (Wildman–Crippen MR) is 100 cm³/mol. The summed E-state index contributed by atoms with van der Waals surface area (Å²) in [4.78, 5) is 26.5. The van der Waals surface area contributed by atoms with Gasteiger partial charge < -0.3 is 15.3 Å². The fourth-order valence-electron chi connectivity index (χ4n) is 5.35. The molecule has 2 amide bonds. The van der Waals surface area contributed by atoms with Crippen molar-refractivity contribution < 1.29 is 14.7 Å². The van der Waals surface area contributed by atoms with E-state index >= 15 is 0 Å². The zero-order valence-electron chi connectivity index (χ0n) is 16.0. The summed E-state index contributed by atoms with van der Waals surface area (Å²) < 4.78 is 0. The van der Waals surface area contributed by atoms with E-state index in [1.807, 2.05) is 4.90 Å². The molecule has 0 bridgehead atoms. The SMILES string of the molecule is CC(=O)N[C@@H]1C[C@@H]2CN(C(=O)c3cn[nH]c3C3CCCCC3)C[C@@H]2C[C@H]1O. The molecule has 3 aliphatic rings. The summed E-state index contributed by atoms with van der Waals surface area (Å²) in [5, 5.41) is 20.5. The number of hydrogen-bond donors (Lipinski definition) is 3. The highest BCUT2D eigenvalue weighted by Crippen LogP contribution is 2.38. The van der Waals surface area contributed by atoms with E-state index in [4.69, 9.17) is 0 Å². The first kappa shape index (κ1) is 18.5. The van der Waals surface area contributed by atoms with Crippen molar-refractivity contribution in [3.63, 3.8) is 0 Å². The molecule has 2 saturated carbocycles. The van der Waals surface area contributed by atoms with Crippen LogP contribution < -0.4 is 5.32 Å². The highest BCUT2D eigenvalue weighted by Gasteiger charge is 2.43. The van der Waals surface area contributed by atoms with Crippen LogP contribution in [0.3, 0.4) is 0 Å². The van der Waals surface area contributed by atoms with Crippen molar-refractivity contribution in [2.45, 2.75) is 69.9 Å². The van der Waals surface area contributed by atoms with Crippen molar-refractivity contribution in [2.24, 2.45) is 11.8 Å². The molecule has 1 saturated heterocycles. The topological polar surface area (TPSA) is 98.3 Å². The minimum absolute atomic E-state index is 0.0595. The predicted octanol–water partition coefficient (Wildman–Crippen LogP) is 1.80. The number of amides is 2. The average Bonchev–Trinajstić information content (AvgIpc) is 3.28. The minimum Gasteiger partial charge on any atom is -0.391 e. The molecule has 1 aliphatic heterocycles. The third-order valence-corrected chi connectivity index (χ3v) is 6.73. The Morgan fingerprint density at radius 1 is 1.19 bits per heavy atom. The largest absolute Gasteiger partial charge is 0.391 e. The third-order valence-electron chi connectivity index (χ3n) is 6.73. The van der Waals surface area contributed by atoms with Gasteiger partial charge in [-0.15, -0.1) is 0 Å². The van der Waals surface area contributed by atoms with E-state index in [2.05, 4.69) is 15.5 Å². The molecular weight excluding hydrogens is 344 g/mol. The standard InChI is InChI=1S/C20H30N4O3/c1-12(25)22-17-7-14-10-24(11-15(14)8-18(17)26)20(27)16-9-21-23-19(16)13-5-3-2-4-6-13/h9,13-15,17-18,26H,2-8,10-11H2,1H3,(H,21,23)(H,22,25)/t14-,15+,17-,18-/m1/s1. The number of nitrogens with zero attached hydrogens (tertiary/aromatic N) is 2. The van der Waals surface area contributed by atoms with Crippen molar-refractivity contribution in [2.75, 3.05) is 13.1 Å². The highest BCUT2D eigenvalue weighted by atomic mass is 16.3. The zero-order chi connectivity index (χ0) is 19.0. The molecule has 4 atom stereocenters. The molecule has 3 N–H and O–H groups in total. The summed E-state index contributed by atoms with van der Waals surface area (Å²) >= 11 is 0. The molecule has 1 aromatic heterocycles. The Kier molecular flexibility index (Phi) is 5.21. The van der Waals surface area contributed by atoms with Crippen LogP contribution in [-0.2, 0) is 4.79 Å². The van der Waals surface area contributed by atoms with Crippen LogP contribution >= 0.6 is 0 Å². The quantitative estimate of drug-likeness (QED) is 0.751. The maximum absolute atomic E-state index is 13.2. The molecular formula is C20H30N4O3. The summed E-state index contributed by atoms with van der Waals surface area (Å²) in [6.45, 7) is 2.86. The lowest BCUT2D eigenvalue weighted by atomic mass is 9.77. The average molecular weight is 374 g/mol. The summed E-state index contributed by atoms with van der Waals surface area (Å²) in [5.41, 5.74) is 1.73. The van der Waals surface area contributed by atoms with Gasteiger partial charge in [-0.3, -0.25) is 14.7 Å². The number of aromatic amines is 1. The van der Waals surface area contributed by atoms with Gasteiger partial charge in [-0.2, -0.15) is 5.10 Å². The number of H-pyrrole nitrogens is 1. The molecule has 27 heavy (non-hydrogen) atoms. The van der Waals surface area contributed by atoms with Gasteiger partial charge in [-0.25, -0.2) is 0 Å². The Labute approximate surface area is 159 Å². The van der Waals surface area contributed by atoms with Gasteiger partial charge in [0.2, 0.25) is 5.91 Å². The number of aromatic nitrogens is 2. The molecule has 2 heterocycles. The molecule has 0 unspecified atom stereocenters. The summed E-state index contributed by atoms with van der Waals surface area (Å²) in [7, 11) is 0. The van der Waals surface area contributed by atoms with Gasteiger partial charge in [0.15, 0.2) is 0 Å². The molecule has 2 aliphatic carbocycles. The lowest BCUT2D eigenvalue weighted by Gasteiger charge is -2.35. The maximum Gasteiger partial charge on any atom is 0.257 e. The molecule has 4 rings (SSSR count). The van der Waals surface area contributed by atoms with Crippen LogP contribution in [0.5, 0.6) is 0 Å². The smallest absolute Gasteiger partial charge is 0.257 e. The first-order chi connectivity index (χ1) is 13.0. The van der Waals surface area contributed by atoms with Crippen LogP contribution in [0, 0.1) is 11.8 Å². The van der Waals surface area contributed by atoms with Crippen LogP contribution in [0.2, 0.25) is 0 Å². The monoisotopic (exact) mass is 374 g/mol. The fraction of sp³-hybridized carbons (Fsp3) is 0.750. The molecule has 0 aromatic carbocycles. The van der Waals surface area contributed by atoms with Crippen molar-refractivity contribution in [1.82, 2.24) is 20.4 Å². The van der Waals surface area contributed by atoms with E-state index in [1.165, 1.54) is 26.2 Å². The van der Waals surface area contributed by atoms with Gasteiger partial charge in [0.25, 0.3) is 5.91 Å². The van der Waals surface area contributed by atoms with Crippen LogP contribution in [-0.4, -0.2) is 57.3 Å². The Bertz CT molecular complexity index is 697. The van der Waals surface area contributed by atoms with E-state index in [9.17, 15) is 14.7 Å². The minimum atomic E-state index is -0.531.